The monoisotopic (exact) mass is 217 g/mol. The molecule has 1 saturated heterocycles. The fourth-order valence-corrected chi connectivity index (χ4v) is 3.14. The Morgan fingerprint density at radius 2 is 2.19 bits per heavy atom. The van der Waals surface area contributed by atoms with Gasteiger partial charge >= 0.3 is 0 Å². The Balaban J connectivity index is 1.89. The zero-order valence-corrected chi connectivity index (χ0v) is 9.83. The summed E-state index contributed by atoms with van der Waals surface area (Å²) >= 11 is 0. The molecule has 16 heavy (non-hydrogen) atoms. The van der Waals surface area contributed by atoms with Crippen LogP contribution in [0.2, 0.25) is 0 Å². The maximum Gasteiger partial charge on any atom is 0.119 e. The molecule has 2 heteroatoms. The van der Waals surface area contributed by atoms with Crippen LogP contribution in [0.15, 0.2) is 18.2 Å². The lowest BCUT2D eigenvalue weighted by atomic mass is 9.76. The van der Waals surface area contributed by atoms with E-state index < -0.39 is 0 Å². The highest BCUT2D eigenvalue weighted by Gasteiger charge is 2.30. The minimum Gasteiger partial charge on any atom is -0.497 e. The number of hydrogen-bond donors (Lipinski definition) is 1. The van der Waals surface area contributed by atoms with E-state index in [0.717, 1.165) is 17.7 Å². The van der Waals surface area contributed by atoms with Gasteiger partial charge in [0, 0.05) is 6.04 Å². The van der Waals surface area contributed by atoms with E-state index in [1.54, 1.807) is 7.11 Å². The second-order valence-corrected chi connectivity index (χ2v) is 5.01. The van der Waals surface area contributed by atoms with Gasteiger partial charge in [-0.25, -0.2) is 0 Å². The quantitative estimate of drug-likeness (QED) is 0.778. The van der Waals surface area contributed by atoms with Crippen molar-refractivity contribution in [1.82, 2.24) is 5.32 Å². The molecule has 0 unspecified atom stereocenters. The highest BCUT2D eigenvalue weighted by molar-refractivity contribution is 5.38. The van der Waals surface area contributed by atoms with E-state index >= 15 is 0 Å². The van der Waals surface area contributed by atoms with Crippen molar-refractivity contribution in [3.63, 3.8) is 0 Å². The topological polar surface area (TPSA) is 21.3 Å². The number of hydrogen-bond acceptors (Lipinski definition) is 2. The number of nitrogens with one attached hydrogen (secondary N) is 1. The number of methoxy groups -OCH3 is 1. The minimum absolute atomic E-state index is 0.717. The Kier molecular flexibility index (Phi) is 2.60. The zero-order chi connectivity index (χ0) is 11.0. The van der Waals surface area contributed by atoms with Gasteiger partial charge < -0.3 is 10.1 Å². The lowest BCUT2D eigenvalue weighted by Crippen LogP contribution is -2.45. The molecule has 0 amide bonds. The number of rotatable bonds is 1. The van der Waals surface area contributed by atoms with Crippen molar-refractivity contribution in [3.05, 3.63) is 29.3 Å². The van der Waals surface area contributed by atoms with Crippen LogP contribution in [-0.2, 0) is 12.8 Å². The summed E-state index contributed by atoms with van der Waals surface area (Å²) in [4.78, 5) is 0. The smallest absolute Gasteiger partial charge is 0.119 e. The third kappa shape index (κ3) is 1.71. The molecule has 1 aliphatic heterocycles. The van der Waals surface area contributed by atoms with Crippen molar-refractivity contribution in [2.75, 3.05) is 13.7 Å². The predicted molar refractivity (Wildman–Crippen MR) is 64.9 cm³/mol. The van der Waals surface area contributed by atoms with Crippen molar-refractivity contribution in [3.8, 4) is 5.75 Å². The van der Waals surface area contributed by atoms with Crippen LogP contribution in [0.4, 0.5) is 0 Å². The van der Waals surface area contributed by atoms with Gasteiger partial charge in [0.05, 0.1) is 7.11 Å². The Labute approximate surface area is 97.0 Å². The van der Waals surface area contributed by atoms with Crippen molar-refractivity contribution in [2.45, 2.75) is 31.7 Å². The van der Waals surface area contributed by atoms with E-state index in [9.17, 15) is 0 Å². The number of piperidine rings is 1. The van der Waals surface area contributed by atoms with Crippen molar-refractivity contribution in [1.29, 1.82) is 0 Å². The van der Waals surface area contributed by atoms with E-state index in [1.165, 1.54) is 43.4 Å². The molecule has 0 radical (unpaired) electrons. The molecule has 0 spiro atoms. The summed E-state index contributed by atoms with van der Waals surface area (Å²) in [5.41, 5.74) is 3.01. The van der Waals surface area contributed by atoms with Crippen LogP contribution in [0.1, 0.15) is 24.0 Å². The van der Waals surface area contributed by atoms with Crippen LogP contribution in [0.3, 0.4) is 0 Å². The lowest BCUT2D eigenvalue weighted by Gasteiger charge is -2.37. The molecular formula is C14H19NO. The zero-order valence-electron chi connectivity index (χ0n) is 9.83. The Morgan fingerprint density at radius 1 is 1.25 bits per heavy atom. The van der Waals surface area contributed by atoms with Gasteiger partial charge in [-0.2, -0.15) is 0 Å². The summed E-state index contributed by atoms with van der Waals surface area (Å²) in [5.74, 6) is 1.84. The predicted octanol–water partition coefficient (Wildman–Crippen LogP) is 2.16. The average Bonchev–Trinajstić information content (AvgIpc) is 2.35. The first kappa shape index (κ1) is 10.2. The third-order valence-corrected chi connectivity index (χ3v) is 4.06. The first-order chi connectivity index (χ1) is 7.86. The second-order valence-electron chi connectivity index (χ2n) is 5.01. The number of fused-ring (bicyclic) bond motifs is 2. The van der Waals surface area contributed by atoms with Gasteiger partial charge in [0.1, 0.15) is 5.75 Å². The second kappa shape index (κ2) is 4.10. The molecule has 1 aromatic rings. The Bertz CT molecular complexity index is 388. The van der Waals surface area contributed by atoms with Crippen LogP contribution in [0.25, 0.3) is 0 Å². The van der Waals surface area contributed by atoms with Crippen LogP contribution in [-0.4, -0.2) is 19.7 Å². The highest BCUT2D eigenvalue weighted by atomic mass is 16.5. The summed E-state index contributed by atoms with van der Waals surface area (Å²) < 4.78 is 5.30. The fourth-order valence-electron chi connectivity index (χ4n) is 3.14. The standard InChI is InChI=1S/C14H19NO/c1-16-13-5-4-10-9-14-11(3-2-6-15-14)7-12(10)8-13/h4-5,8,11,14-15H,2-3,6-7,9H2,1H3/t11-,14-/m0/s1. The van der Waals surface area contributed by atoms with Gasteiger partial charge in [0.25, 0.3) is 0 Å². The molecule has 0 saturated carbocycles. The van der Waals surface area contributed by atoms with Gasteiger partial charge in [-0.3, -0.25) is 0 Å². The molecule has 1 aromatic carbocycles. The normalized spacial score (nSPS) is 28.1. The van der Waals surface area contributed by atoms with E-state index in [-0.39, 0.29) is 0 Å². The summed E-state index contributed by atoms with van der Waals surface area (Å²) in [6.07, 6.45) is 5.14. The summed E-state index contributed by atoms with van der Waals surface area (Å²) in [5, 5.41) is 3.66. The van der Waals surface area contributed by atoms with Crippen LogP contribution < -0.4 is 10.1 Å². The maximum atomic E-state index is 5.30. The summed E-state index contributed by atoms with van der Waals surface area (Å²) in [7, 11) is 1.75. The SMILES string of the molecule is COc1ccc2c(c1)C[C@@H]1CCCN[C@H]1C2. The maximum absolute atomic E-state index is 5.30. The van der Waals surface area contributed by atoms with Gasteiger partial charge in [0.15, 0.2) is 0 Å². The molecule has 2 atom stereocenters. The average molecular weight is 217 g/mol. The molecule has 1 N–H and O–H groups in total. The van der Waals surface area contributed by atoms with Crippen molar-refractivity contribution in [2.24, 2.45) is 5.92 Å². The Hall–Kier alpha value is -1.02. The molecule has 1 fully saturated rings. The molecular weight excluding hydrogens is 198 g/mol. The Morgan fingerprint density at radius 3 is 3.06 bits per heavy atom. The first-order valence-electron chi connectivity index (χ1n) is 6.26. The molecule has 2 nitrogen and oxygen atoms in total. The first-order valence-corrected chi connectivity index (χ1v) is 6.26. The van der Waals surface area contributed by atoms with E-state index in [2.05, 4.69) is 23.5 Å². The molecule has 0 bridgehead atoms. The molecule has 86 valence electrons. The fraction of sp³-hybridized carbons (Fsp3) is 0.571. The van der Waals surface area contributed by atoms with Crippen LogP contribution in [0, 0.1) is 5.92 Å². The van der Waals surface area contributed by atoms with Crippen LogP contribution >= 0.6 is 0 Å². The number of benzene rings is 1. The van der Waals surface area contributed by atoms with Crippen LogP contribution in [0.5, 0.6) is 5.75 Å². The van der Waals surface area contributed by atoms with Gasteiger partial charge in [-0.05, 0) is 61.4 Å². The number of ether oxygens (including phenoxy) is 1. The van der Waals surface area contributed by atoms with Gasteiger partial charge in [-0.1, -0.05) is 6.07 Å². The van der Waals surface area contributed by atoms with E-state index in [4.69, 9.17) is 4.74 Å². The lowest BCUT2D eigenvalue weighted by molar-refractivity contribution is 0.263. The van der Waals surface area contributed by atoms with Crippen molar-refractivity contribution >= 4 is 0 Å². The van der Waals surface area contributed by atoms with Gasteiger partial charge in [-0.15, -0.1) is 0 Å². The molecule has 2 aliphatic rings. The molecule has 1 aliphatic carbocycles. The van der Waals surface area contributed by atoms with Gasteiger partial charge in [0.2, 0.25) is 0 Å². The van der Waals surface area contributed by atoms with E-state index in [0.29, 0.717) is 0 Å². The largest absolute Gasteiger partial charge is 0.497 e. The highest BCUT2D eigenvalue weighted by Crippen LogP contribution is 2.32. The van der Waals surface area contributed by atoms with E-state index in [1.807, 2.05) is 0 Å². The summed E-state index contributed by atoms with van der Waals surface area (Å²) in [6.45, 7) is 1.20. The summed E-state index contributed by atoms with van der Waals surface area (Å²) in [6, 6.07) is 7.26. The minimum atomic E-state index is 0.717. The molecule has 1 heterocycles. The molecule has 3 rings (SSSR count). The molecule has 0 aromatic heterocycles. The third-order valence-electron chi connectivity index (χ3n) is 4.06. The van der Waals surface area contributed by atoms with Crippen molar-refractivity contribution < 1.29 is 4.74 Å².